The Bertz CT molecular complexity index is 295. The Morgan fingerprint density at radius 3 is 3.19 bits per heavy atom. The lowest BCUT2D eigenvalue weighted by molar-refractivity contribution is 0.347. The molecule has 2 heterocycles. The van der Waals surface area contributed by atoms with E-state index in [4.69, 9.17) is 0 Å². The van der Waals surface area contributed by atoms with Gasteiger partial charge in [0.25, 0.3) is 0 Å². The molecule has 0 radical (unpaired) electrons. The minimum absolute atomic E-state index is 0.288. The molecule has 2 rings (SSSR count). The van der Waals surface area contributed by atoms with Crippen molar-refractivity contribution in [2.75, 3.05) is 19.6 Å². The highest BCUT2D eigenvalue weighted by atomic mass is 15.0. The summed E-state index contributed by atoms with van der Waals surface area (Å²) >= 11 is 0. The third-order valence-corrected chi connectivity index (χ3v) is 3.14. The number of nitrogens with zero attached hydrogens (tertiary/aromatic N) is 2. The summed E-state index contributed by atoms with van der Waals surface area (Å²) < 4.78 is 0. The summed E-state index contributed by atoms with van der Waals surface area (Å²) in [7, 11) is 0. The average molecular weight is 220 g/mol. The fourth-order valence-corrected chi connectivity index (χ4v) is 2.08. The Kier molecular flexibility index (Phi) is 4.25. The standard InChI is InChI=1S/C12H20N4/c1-10(12-9-14-5-6-15-12)16-8-11-3-2-4-13-7-11/h5-6,9-11,13,16H,2-4,7-8H2,1H3. The molecule has 1 aliphatic heterocycles. The SMILES string of the molecule is CC(NCC1CCCNC1)c1cnccn1. The van der Waals surface area contributed by atoms with Crippen molar-refractivity contribution in [2.45, 2.75) is 25.8 Å². The quantitative estimate of drug-likeness (QED) is 0.798. The summed E-state index contributed by atoms with van der Waals surface area (Å²) in [6.07, 6.45) is 7.91. The number of hydrogen-bond acceptors (Lipinski definition) is 4. The van der Waals surface area contributed by atoms with Gasteiger partial charge in [-0.2, -0.15) is 0 Å². The first-order valence-electron chi connectivity index (χ1n) is 6.06. The van der Waals surface area contributed by atoms with Gasteiger partial charge in [-0.05, 0) is 45.3 Å². The summed E-state index contributed by atoms with van der Waals surface area (Å²) in [4.78, 5) is 8.39. The normalized spacial score (nSPS) is 22.9. The zero-order valence-electron chi connectivity index (χ0n) is 9.82. The van der Waals surface area contributed by atoms with Gasteiger partial charge in [-0.25, -0.2) is 0 Å². The molecule has 2 N–H and O–H groups in total. The Morgan fingerprint density at radius 2 is 2.50 bits per heavy atom. The van der Waals surface area contributed by atoms with E-state index in [1.807, 2.05) is 6.20 Å². The molecule has 1 aliphatic rings. The summed E-state index contributed by atoms with van der Waals surface area (Å²) in [5.74, 6) is 0.757. The Hall–Kier alpha value is -1.00. The van der Waals surface area contributed by atoms with Crippen molar-refractivity contribution < 1.29 is 0 Å². The zero-order valence-corrected chi connectivity index (χ0v) is 9.82. The number of nitrogens with one attached hydrogen (secondary N) is 2. The number of rotatable bonds is 4. The topological polar surface area (TPSA) is 49.8 Å². The first kappa shape index (κ1) is 11.5. The van der Waals surface area contributed by atoms with Crippen LogP contribution in [0, 0.1) is 5.92 Å². The van der Waals surface area contributed by atoms with E-state index in [-0.39, 0.29) is 6.04 Å². The second-order valence-corrected chi connectivity index (χ2v) is 4.47. The van der Waals surface area contributed by atoms with Crippen molar-refractivity contribution in [1.82, 2.24) is 20.6 Å². The van der Waals surface area contributed by atoms with Gasteiger partial charge in [0.2, 0.25) is 0 Å². The Labute approximate surface area is 96.9 Å². The molecule has 16 heavy (non-hydrogen) atoms. The lowest BCUT2D eigenvalue weighted by Crippen LogP contribution is -2.36. The molecule has 1 aromatic rings. The monoisotopic (exact) mass is 220 g/mol. The van der Waals surface area contributed by atoms with E-state index >= 15 is 0 Å². The molecular formula is C12H20N4. The van der Waals surface area contributed by atoms with Gasteiger partial charge in [-0.1, -0.05) is 0 Å². The average Bonchev–Trinajstić information content (AvgIpc) is 2.38. The van der Waals surface area contributed by atoms with Crippen LogP contribution in [-0.4, -0.2) is 29.6 Å². The predicted octanol–water partition coefficient (Wildman–Crippen LogP) is 1.13. The van der Waals surface area contributed by atoms with Gasteiger partial charge in [-0.15, -0.1) is 0 Å². The number of aromatic nitrogens is 2. The first-order valence-corrected chi connectivity index (χ1v) is 6.06. The molecular weight excluding hydrogens is 200 g/mol. The van der Waals surface area contributed by atoms with Gasteiger partial charge in [0.15, 0.2) is 0 Å². The highest BCUT2D eigenvalue weighted by molar-refractivity contribution is 5.00. The fraction of sp³-hybridized carbons (Fsp3) is 0.667. The zero-order chi connectivity index (χ0) is 11.2. The molecule has 0 spiro atoms. The largest absolute Gasteiger partial charge is 0.316 e. The Morgan fingerprint density at radius 1 is 1.56 bits per heavy atom. The fourth-order valence-electron chi connectivity index (χ4n) is 2.08. The maximum absolute atomic E-state index is 4.30. The van der Waals surface area contributed by atoms with Gasteiger partial charge < -0.3 is 10.6 Å². The van der Waals surface area contributed by atoms with Crippen LogP contribution in [0.15, 0.2) is 18.6 Å². The van der Waals surface area contributed by atoms with E-state index in [1.165, 1.54) is 19.4 Å². The van der Waals surface area contributed by atoms with Gasteiger partial charge in [0.1, 0.15) is 0 Å². The molecule has 0 bridgehead atoms. The van der Waals surface area contributed by atoms with Crippen LogP contribution in [0.1, 0.15) is 31.5 Å². The number of piperidine rings is 1. The maximum atomic E-state index is 4.30. The maximum Gasteiger partial charge on any atom is 0.0753 e. The highest BCUT2D eigenvalue weighted by Crippen LogP contribution is 2.11. The third-order valence-electron chi connectivity index (χ3n) is 3.14. The molecule has 4 heteroatoms. The van der Waals surface area contributed by atoms with Gasteiger partial charge in [-0.3, -0.25) is 9.97 Å². The summed E-state index contributed by atoms with van der Waals surface area (Å²) in [5, 5.41) is 6.96. The summed E-state index contributed by atoms with van der Waals surface area (Å²) in [5.41, 5.74) is 1.02. The second kappa shape index (κ2) is 5.92. The van der Waals surface area contributed by atoms with E-state index in [2.05, 4.69) is 27.5 Å². The molecule has 2 unspecified atom stereocenters. The van der Waals surface area contributed by atoms with Gasteiger partial charge in [0.05, 0.1) is 5.69 Å². The molecule has 0 aromatic carbocycles. The molecule has 4 nitrogen and oxygen atoms in total. The summed E-state index contributed by atoms with van der Waals surface area (Å²) in [6, 6.07) is 0.288. The smallest absolute Gasteiger partial charge is 0.0753 e. The molecule has 0 aliphatic carbocycles. The van der Waals surface area contributed by atoms with E-state index < -0.39 is 0 Å². The van der Waals surface area contributed by atoms with Crippen molar-refractivity contribution in [3.63, 3.8) is 0 Å². The van der Waals surface area contributed by atoms with Crippen molar-refractivity contribution in [1.29, 1.82) is 0 Å². The van der Waals surface area contributed by atoms with Crippen LogP contribution in [0.25, 0.3) is 0 Å². The van der Waals surface area contributed by atoms with E-state index in [0.29, 0.717) is 0 Å². The van der Waals surface area contributed by atoms with Gasteiger partial charge in [0, 0.05) is 24.6 Å². The predicted molar refractivity (Wildman–Crippen MR) is 64.0 cm³/mol. The van der Waals surface area contributed by atoms with Crippen molar-refractivity contribution in [3.05, 3.63) is 24.3 Å². The van der Waals surface area contributed by atoms with Crippen LogP contribution in [0.3, 0.4) is 0 Å². The summed E-state index contributed by atoms with van der Waals surface area (Å²) in [6.45, 7) is 5.52. The molecule has 2 atom stereocenters. The first-order chi connectivity index (χ1) is 7.86. The second-order valence-electron chi connectivity index (χ2n) is 4.47. The van der Waals surface area contributed by atoms with Crippen molar-refractivity contribution in [2.24, 2.45) is 5.92 Å². The molecule has 1 aromatic heterocycles. The lowest BCUT2D eigenvalue weighted by atomic mass is 9.99. The van der Waals surface area contributed by atoms with E-state index in [1.54, 1.807) is 12.4 Å². The van der Waals surface area contributed by atoms with E-state index in [9.17, 15) is 0 Å². The molecule has 88 valence electrons. The van der Waals surface area contributed by atoms with Crippen molar-refractivity contribution >= 4 is 0 Å². The van der Waals surface area contributed by atoms with Crippen LogP contribution in [0.5, 0.6) is 0 Å². The highest BCUT2D eigenvalue weighted by Gasteiger charge is 2.14. The molecule has 1 saturated heterocycles. The van der Waals surface area contributed by atoms with Gasteiger partial charge >= 0.3 is 0 Å². The van der Waals surface area contributed by atoms with Crippen LogP contribution in [0.2, 0.25) is 0 Å². The third kappa shape index (κ3) is 3.25. The molecule has 0 amide bonds. The van der Waals surface area contributed by atoms with Crippen LogP contribution >= 0.6 is 0 Å². The lowest BCUT2D eigenvalue weighted by Gasteiger charge is -2.24. The van der Waals surface area contributed by atoms with Crippen LogP contribution in [-0.2, 0) is 0 Å². The molecule has 0 saturated carbocycles. The van der Waals surface area contributed by atoms with Crippen molar-refractivity contribution in [3.8, 4) is 0 Å². The van der Waals surface area contributed by atoms with E-state index in [0.717, 1.165) is 24.7 Å². The number of hydrogen-bond donors (Lipinski definition) is 2. The minimum Gasteiger partial charge on any atom is -0.316 e. The minimum atomic E-state index is 0.288. The molecule has 1 fully saturated rings. The van der Waals surface area contributed by atoms with Crippen LogP contribution in [0.4, 0.5) is 0 Å². The Balaban J connectivity index is 1.77. The van der Waals surface area contributed by atoms with Crippen LogP contribution < -0.4 is 10.6 Å².